The predicted octanol–water partition coefficient (Wildman–Crippen LogP) is 6.07. The van der Waals surface area contributed by atoms with Crippen LogP contribution >= 0.6 is 0 Å². The average molecular weight is 584 g/mol. The molecule has 0 saturated carbocycles. The molecular weight excluding hydrogens is 549 g/mol. The number of likely N-dealkylation sites (N-methyl/N-ethyl adjacent to an activating group) is 1. The molecule has 1 atom stereocenters. The van der Waals surface area contributed by atoms with Crippen LogP contribution in [0.15, 0.2) is 84.7 Å². The van der Waals surface area contributed by atoms with Crippen molar-refractivity contribution >= 4 is 33.7 Å². The van der Waals surface area contributed by atoms with Crippen molar-refractivity contribution in [2.45, 2.75) is 19.3 Å². The van der Waals surface area contributed by atoms with Crippen molar-refractivity contribution in [2.75, 3.05) is 34.4 Å². The molecule has 0 bridgehead atoms. The van der Waals surface area contributed by atoms with Crippen LogP contribution in [0.5, 0.6) is 5.75 Å². The number of fused-ring (bicyclic) bond motifs is 2. The summed E-state index contributed by atoms with van der Waals surface area (Å²) in [6.07, 6.45) is 3.63. The topological polar surface area (TPSA) is 96.6 Å². The molecule has 2 heterocycles. The van der Waals surface area contributed by atoms with Gasteiger partial charge in [-0.25, -0.2) is 14.0 Å². The Hall–Kier alpha value is -5.05. The van der Waals surface area contributed by atoms with Crippen LogP contribution in [0.1, 0.15) is 35.2 Å². The molecular formula is C34H34FN3O5. The zero-order valence-electron chi connectivity index (χ0n) is 24.6. The molecule has 0 saturated heterocycles. The highest BCUT2D eigenvalue weighted by Crippen LogP contribution is 2.40. The van der Waals surface area contributed by atoms with Gasteiger partial charge in [-0.2, -0.15) is 0 Å². The lowest BCUT2D eigenvalue weighted by Gasteiger charge is -2.25. The molecule has 0 aliphatic rings. The van der Waals surface area contributed by atoms with Gasteiger partial charge in [0, 0.05) is 46.8 Å². The predicted molar refractivity (Wildman–Crippen MR) is 164 cm³/mol. The van der Waals surface area contributed by atoms with Crippen LogP contribution in [0.2, 0.25) is 0 Å². The van der Waals surface area contributed by atoms with Gasteiger partial charge in [0.05, 0.1) is 33.3 Å². The maximum atomic E-state index is 14.7. The fraction of sp³-hybridized carbons (Fsp3) is 0.235. The first-order valence-electron chi connectivity index (χ1n) is 14.0. The number of hydrogen-bond donors (Lipinski definition) is 2. The molecule has 5 aromatic rings. The highest BCUT2D eigenvalue weighted by Gasteiger charge is 2.27. The highest BCUT2D eigenvalue weighted by molar-refractivity contribution is 5.96. The second-order valence-electron chi connectivity index (χ2n) is 10.1. The number of nitrogens with one attached hydrogen (secondary N) is 2. The third-order valence-corrected chi connectivity index (χ3v) is 7.75. The van der Waals surface area contributed by atoms with Gasteiger partial charge < -0.3 is 29.1 Å². The number of carbonyl (C=O) groups is 2. The van der Waals surface area contributed by atoms with Crippen molar-refractivity contribution < 1.29 is 28.2 Å². The summed E-state index contributed by atoms with van der Waals surface area (Å²) in [7, 11) is 4.16. The van der Waals surface area contributed by atoms with E-state index in [-0.39, 0.29) is 17.4 Å². The van der Waals surface area contributed by atoms with E-state index >= 15 is 0 Å². The third-order valence-electron chi connectivity index (χ3n) is 7.75. The number of H-pyrrole nitrogens is 2. The van der Waals surface area contributed by atoms with Crippen LogP contribution < -0.4 is 4.74 Å². The molecule has 2 N–H and O–H groups in total. The van der Waals surface area contributed by atoms with E-state index in [1.54, 1.807) is 24.1 Å². The van der Waals surface area contributed by atoms with Gasteiger partial charge >= 0.3 is 11.9 Å². The fourth-order valence-electron chi connectivity index (χ4n) is 5.66. The van der Waals surface area contributed by atoms with E-state index in [1.165, 1.54) is 20.3 Å². The van der Waals surface area contributed by atoms with Gasteiger partial charge in [0.25, 0.3) is 0 Å². The fourth-order valence-corrected chi connectivity index (χ4v) is 5.66. The molecule has 0 amide bonds. The molecule has 8 nitrogen and oxygen atoms in total. The number of benzene rings is 3. The van der Waals surface area contributed by atoms with Crippen molar-refractivity contribution in [3.05, 3.63) is 113 Å². The van der Waals surface area contributed by atoms with Gasteiger partial charge in [0.2, 0.25) is 0 Å². The summed E-state index contributed by atoms with van der Waals surface area (Å²) in [5.74, 6) is -1.25. The van der Waals surface area contributed by atoms with E-state index in [9.17, 15) is 14.0 Å². The zero-order valence-corrected chi connectivity index (χ0v) is 24.6. The number of hydrogen-bond acceptors (Lipinski definition) is 6. The minimum absolute atomic E-state index is 0.114. The maximum absolute atomic E-state index is 14.7. The summed E-state index contributed by atoms with van der Waals surface area (Å²) in [6.45, 7) is 2.76. The van der Waals surface area contributed by atoms with E-state index in [2.05, 4.69) is 9.97 Å². The van der Waals surface area contributed by atoms with Gasteiger partial charge in [0.1, 0.15) is 17.3 Å². The minimum Gasteiger partial charge on any atom is -0.497 e. The Bertz CT molecular complexity index is 1800. The maximum Gasteiger partial charge on any atom is 0.354 e. The van der Waals surface area contributed by atoms with Crippen LogP contribution in [-0.2, 0) is 25.5 Å². The third kappa shape index (κ3) is 5.97. The van der Waals surface area contributed by atoms with Gasteiger partial charge in [-0.1, -0.05) is 30.3 Å². The van der Waals surface area contributed by atoms with Crippen molar-refractivity contribution in [1.29, 1.82) is 0 Å². The smallest absolute Gasteiger partial charge is 0.354 e. The summed E-state index contributed by atoms with van der Waals surface area (Å²) >= 11 is 0. The first kappa shape index (κ1) is 29.4. The molecule has 0 aliphatic heterocycles. The number of aromatic nitrogens is 2. The SMILES string of the molecule is CCN(CCc1c(C(c2cccc(F)c2)c2c[nH]c3ccc(OC)cc23)[nH]c2ccccc12)/C(=C/C(=O)OC)C(=O)OC. The Morgan fingerprint density at radius 3 is 2.49 bits per heavy atom. The van der Waals surface area contributed by atoms with Gasteiger partial charge in [0.15, 0.2) is 0 Å². The molecule has 1 unspecified atom stereocenters. The van der Waals surface area contributed by atoms with Crippen LogP contribution in [0.25, 0.3) is 21.8 Å². The molecule has 9 heteroatoms. The molecule has 0 spiro atoms. The Morgan fingerprint density at radius 2 is 1.77 bits per heavy atom. The number of carbonyl (C=O) groups excluding carboxylic acids is 2. The Labute approximate surface area is 249 Å². The molecule has 43 heavy (non-hydrogen) atoms. The molecule has 5 rings (SSSR count). The molecule has 2 aromatic heterocycles. The second-order valence-corrected chi connectivity index (χ2v) is 10.1. The minimum atomic E-state index is -0.646. The monoisotopic (exact) mass is 583 g/mol. The Morgan fingerprint density at radius 1 is 0.953 bits per heavy atom. The first-order chi connectivity index (χ1) is 20.9. The van der Waals surface area contributed by atoms with Crippen molar-refractivity contribution in [3.63, 3.8) is 0 Å². The Kier molecular flexibility index (Phi) is 8.80. The molecule has 222 valence electrons. The van der Waals surface area contributed by atoms with Gasteiger partial charge in [-0.15, -0.1) is 0 Å². The van der Waals surface area contributed by atoms with E-state index in [0.29, 0.717) is 19.5 Å². The van der Waals surface area contributed by atoms with Crippen molar-refractivity contribution in [1.82, 2.24) is 14.9 Å². The number of esters is 2. The summed E-state index contributed by atoms with van der Waals surface area (Å²) in [6, 6.07) is 20.5. The highest BCUT2D eigenvalue weighted by atomic mass is 19.1. The molecule has 0 aliphatic carbocycles. The average Bonchev–Trinajstić information content (AvgIpc) is 3.61. The van der Waals surface area contributed by atoms with E-state index in [0.717, 1.165) is 56.0 Å². The Balaban J connectivity index is 1.67. The van der Waals surface area contributed by atoms with E-state index < -0.39 is 11.9 Å². The van der Waals surface area contributed by atoms with Gasteiger partial charge in [-0.05, 0) is 66.4 Å². The summed E-state index contributed by atoms with van der Waals surface area (Å²) in [5, 5.41) is 1.98. The second kappa shape index (κ2) is 12.9. The molecule has 0 radical (unpaired) electrons. The molecule has 0 fully saturated rings. The zero-order chi connectivity index (χ0) is 30.5. The van der Waals surface area contributed by atoms with E-state index in [1.807, 2.05) is 61.7 Å². The largest absolute Gasteiger partial charge is 0.497 e. The summed E-state index contributed by atoms with van der Waals surface area (Å²) in [5.41, 5.74) is 5.65. The normalized spacial score (nSPS) is 12.3. The first-order valence-corrected chi connectivity index (χ1v) is 14.0. The lowest BCUT2D eigenvalue weighted by molar-refractivity contribution is -0.140. The van der Waals surface area contributed by atoms with Crippen LogP contribution in [-0.4, -0.2) is 61.2 Å². The number of ether oxygens (including phenoxy) is 3. The van der Waals surface area contributed by atoms with Crippen LogP contribution in [0, 0.1) is 5.82 Å². The number of para-hydroxylation sites is 1. The summed E-state index contributed by atoms with van der Waals surface area (Å²) in [4.78, 5) is 33.6. The lowest BCUT2D eigenvalue weighted by Crippen LogP contribution is -2.31. The number of rotatable bonds is 11. The molecule has 3 aromatic carbocycles. The van der Waals surface area contributed by atoms with Crippen molar-refractivity contribution in [3.8, 4) is 5.75 Å². The number of methoxy groups -OCH3 is 3. The number of aromatic amines is 2. The van der Waals surface area contributed by atoms with Crippen molar-refractivity contribution in [2.24, 2.45) is 0 Å². The number of nitrogens with zero attached hydrogens (tertiary/aromatic N) is 1. The van der Waals surface area contributed by atoms with Crippen LogP contribution in [0.3, 0.4) is 0 Å². The van der Waals surface area contributed by atoms with Gasteiger partial charge in [-0.3, -0.25) is 0 Å². The number of halogens is 1. The quantitative estimate of drug-likeness (QED) is 0.145. The lowest BCUT2D eigenvalue weighted by atomic mass is 9.85. The van der Waals surface area contributed by atoms with Crippen LogP contribution in [0.4, 0.5) is 4.39 Å². The standard InChI is InChI=1S/C34H34FN3O5/c1-5-38(30(34(40)43-4)19-31(39)42-3)16-15-25-24-11-6-7-12-29(24)37-33(25)32(21-9-8-10-22(35)17-21)27-20-36-28-14-13-23(41-2)18-26(27)28/h6-14,17-20,32,36-37H,5,15-16H2,1-4H3/b30-19+. The van der Waals surface area contributed by atoms with E-state index in [4.69, 9.17) is 14.2 Å². The summed E-state index contributed by atoms with van der Waals surface area (Å²) < 4.78 is 30.0.